The Balaban J connectivity index is 2.64. The minimum atomic E-state index is -0.920. The SMILES string of the molecule is COc1cc(F)c(F)c2c1CC(=S)C(C)(C)N2. The van der Waals surface area contributed by atoms with Crippen molar-refractivity contribution in [3.8, 4) is 5.75 Å². The number of halogens is 2. The van der Waals surface area contributed by atoms with Gasteiger partial charge in [0.25, 0.3) is 0 Å². The van der Waals surface area contributed by atoms with E-state index >= 15 is 0 Å². The molecule has 0 radical (unpaired) electrons. The smallest absolute Gasteiger partial charge is 0.182 e. The van der Waals surface area contributed by atoms with Gasteiger partial charge in [-0.3, -0.25) is 0 Å². The van der Waals surface area contributed by atoms with Crippen LogP contribution in [0.25, 0.3) is 0 Å². The summed E-state index contributed by atoms with van der Waals surface area (Å²) in [6.07, 6.45) is 0.408. The molecule has 2 rings (SSSR count). The van der Waals surface area contributed by atoms with Crippen LogP contribution in [0.3, 0.4) is 0 Å². The zero-order valence-electron chi connectivity index (χ0n) is 9.86. The van der Waals surface area contributed by atoms with E-state index in [9.17, 15) is 8.78 Å². The average molecular weight is 257 g/mol. The first-order valence-corrected chi connectivity index (χ1v) is 5.64. The van der Waals surface area contributed by atoms with Crippen molar-refractivity contribution in [2.75, 3.05) is 12.4 Å². The van der Waals surface area contributed by atoms with Crippen LogP contribution in [0.2, 0.25) is 0 Å². The van der Waals surface area contributed by atoms with E-state index < -0.39 is 17.2 Å². The second kappa shape index (κ2) is 3.91. The maximum absolute atomic E-state index is 13.7. The predicted octanol–water partition coefficient (Wildman–Crippen LogP) is 3.09. The molecule has 0 fully saturated rings. The van der Waals surface area contributed by atoms with Gasteiger partial charge in [0, 0.05) is 22.9 Å². The summed E-state index contributed by atoms with van der Waals surface area (Å²) < 4.78 is 32.2. The summed E-state index contributed by atoms with van der Waals surface area (Å²) >= 11 is 5.27. The molecular formula is C12H13F2NOS. The predicted molar refractivity (Wildman–Crippen MR) is 66.9 cm³/mol. The third-order valence-corrected chi connectivity index (χ3v) is 3.63. The van der Waals surface area contributed by atoms with Crippen molar-refractivity contribution in [3.63, 3.8) is 0 Å². The lowest BCUT2D eigenvalue weighted by Gasteiger charge is -2.35. The van der Waals surface area contributed by atoms with Gasteiger partial charge in [0.05, 0.1) is 18.3 Å². The molecule has 1 aliphatic heterocycles. The number of fused-ring (bicyclic) bond motifs is 1. The van der Waals surface area contributed by atoms with Gasteiger partial charge in [-0.25, -0.2) is 8.78 Å². The highest BCUT2D eigenvalue weighted by Crippen LogP contribution is 2.38. The van der Waals surface area contributed by atoms with Gasteiger partial charge in [0.1, 0.15) is 5.75 Å². The molecule has 17 heavy (non-hydrogen) atoms. The molecule has 1 heterocycles. The monoisotopic (exact) mass is 257 g/mol. The third-order valence-electron chi connectivity index (χ3n) is 2.98. The second-order valence-electron chi connectivity index (χ2n) is 4.58. The van der Waals surface area contributed by atoms with Gasteiger partial charge in [-0.05, 0) is 13.8 Å². The Labute approximate surface area is 104 Å². The fourth-order valence-electron chi connectivity index (χ4n) is 1.89. The molecule has 0 saturated carbocycles. The number of thiocarbonyl (C=S) groups is 1. The zero-order chi connectivity index (χ0) is 12.8. The van der Waals surface area contributed by atoms with E-state index in [1.54, 1.807) is 0 Å². The quantitative estimate of drug-likeness (QED) is 0.781. The summed E-state index contributed by atoms with van der Waals surface area (Å²) in [4.78, 5) is 0.745. The van der Waals surface area contributed by atoms with E-state index in [2.05, 4.69) is 5.32 Å². The first-order chi connectivity index (χ1) is 7.86. The molecule has 5 heteroatoms. The lowest BCUT2D eigenvalue weighted by atomic mass is 9.88. The standard InChI is InChI=1S/C12H13F2NOS/c1-12(2)9(17)4-6-8(16-3)5-7(13)10(14)11(6)15-12/h5,15H,4H2,1-3H3. The Kier molecular flexibility index (Phi) is 2.81. The van der Waals surface area contributed by atoms with Crippen molar-refractivity contribution in [2.24, 2.45) is 0 Å². The van der Waals surface area contributed by atoms with Crippen molar-refractivity contribution in [3.05, 3.63) is 23.3 Å². The number of methoxy groups -OCH3 is 1. The van der Waals surface area contributed by atoms with Crippen molar-refractivity contribution >= 4 is 22.8 Å². The summed E-state index contributed by atoms with van der Waals surface area (Å²) in [6.45, 7) is 3.68. The highest BCUT2D eigenvalue weighted by atomic mass is 32.1. The van der Waals surface area contributed by atoms with Gasteiger partial charge in [-0.2, -0.15) is 0 Å². The van der Waals surface area contributed by atoms with Gasteiger partial charge < -0.3 is 10.1 Å². The van der Waals surface area contributed by atoms with E-state index in [0.717, 1.165) is 10.9 Å². The third kappa shape index (κ3) is 1.88. The van der Waals surface area contributed by atoms with E-state index in [-0.39, 0.29) is 5.69 Å². The molecule has 0 aliphatic carbocycles. The van der Waals surface area contributed by atoms with Crippen LogP contribution >= 0.6 is 12.2 Å². The molecular weight excluding hydrogens is 244 g/mol. The first kappa shape index (κ1) is 12.2. The summed E-state index contributed by atoms with van der Waals surface area (Å²) in [5.41, 5.74) is 0.207. The Hall–Kier alpha value is -1.23. The van der Waals surface area contributed by atoms with Crippen LogP contribution in [0.5, 0.6) is 5.75 Å². The molecule has 0 spiro atoms. The van der Waals surface area contributed by atoms with Crippen molar-refractivity contribution in [1.82, 2.24) is 0 Å². The van der Waals surface area contributed by atoms with E-state index in [4.69, 9.17) is 17.0 Å². The highest BCUT2D eigenvalue weighted by molar-refractivity contribution is 7.80. The van der Waals surface area contributed by atoms with E-state index in [1.165, 1.54) is 7.11 Å². The molecule has 0 aromatic heterocycles. The number of ether oxygens (including phenoxy) is 1. The summed E-state index contributed by atoms with van der Waals surface area (Å²) in [5.74, 6) is -1.47. The van der Waals surface area contributed by atoms with Crippen molar-refractivity contribution in [1.29, 1.82) is 0 Å². The molecule has 0 atom stereocenters. The molecule has 92 valence electrons. The Bertz CT molecular complexity index is 500. The van der Waals surface area contributed by atoms with E-state index in [1.807, 2.05) is 13.8 Å². The van der Waals surface area contributed by atoms with Crippen LogP contribution in [0.15, 0.2) is 6.07 Å². The van der Waals surface area contributed by atoms with Crippen LogP contribution in [0.1, 0.15) is 19.4 Å². The van der Waals surface area contributed by atoms with Crippen LogP contribution in [0.4, 0.5) is 14.5 Å². The summed E-state index contributed by atoms with van der Waals surface area (Å²) in [7, 11) is 1.43. The van der Waals surface area contributed by atoms with Gasteiger partial charge in [-0.15, -0.1) is 0 Å². The zero-order valence-corrected chi connectivity index (χ0v) is 10.7. The number of hydrogen-bond donors (Lipinski definition) is 1. The molecule has 0 unspecified atom stereocenters. The molecule has 0 bridgehead atoms. The Morgan fingerprint density at radius 3 is 2.65 bits per heavy atom. The number of hydrogen-bond acceptors (Lipinski definition) is 3. The highest BCUT2D eigenvalue weighted by Gasteiger charge is 2.34. The molecule has 1 N–H and O–H groups in total. The van der Waals surface area contributed by atoms with Crippen LogP contribution in [-0.2, 0) is 6.42 Å². The van der Waals surface area contributed by atoms with Gasteiger partial charge in [-0.1, -0.05) is 12.2 Å². The molecule has 2 nitrogen and oxygen atoms in total. The number of benzene rings is 1. The lowest BCUT2D eigenvalue weighted by Crippen LogP contribution is -2.44. The number of nitrogens with one attached hydrogen (secondary N) is 1. The maximum atomic E-state index is 13.7. The second-order valence-corrected chi connectivity index (χ2v) is 5.07. The normalized spacial score (nSPS) is 17.4. The lowest BCUT2D eigenvalue weighted by molar-refractivity contribution is 0.402. The Morgan fingerprint density at radius 2 is 2.06 bits per heavy atom. The van der Waals surface area contributed by atoms with Crippen LogP contribution in [0, 0.1) is 11.6 Å². The molecule has 1 aromatic carbocycles. The fourth-order valence-corrected chi connectivity index (χ4v) is 2.09. The van der Waals surface area contributed by atoms with Gasteiger partial charge >= 0.3 is 0 Å². The molecule has 1 aromatic rings. The van der Waals surface area contributed by atoms with Gasteiger partial charge in [0.2, 0.25) is 0 Å². The Morgan fingerprint density at radius 1 is 1.41 bits per heavy atom. The molecule has 0 amide bonds. The van der Waals surface area contributed by atoms with Crippen LogP contribution in [-0.4, -0.2) is 17.5 Å². The summed E-state index contributed by atoms with van der Waals surface area (Å²) in [5, 5.41) is 2.93. The van der Waals surface area contributed by atoms with Crippen molar-refractivity contribution in [2.45, 2.75) is 25.8 Å². The molecule has 1 aliphatic rings. The number of anilines is 1. The molecule has 0 saturated heterocycles. The van der Waals surface area contributed by atoms with Crippen molar-refractivity contribution < 1.29 is 13.5 Å². The first-order valence-electron chi connectivity index (χ1n) is 5.23. The van der Waals surface area contributed by atoms with Crippen LogP contribution < -0.4 is 10.1 Å². The minimum absolute atomic E-state index is 0.153. The topological polar surface area (TPSA) is 21.3 Å². The number of rotatable bonds is 1. The van der Waals surface area contributed by atoms with Gasteiger partial charge in [0.15, 0.2) is 11.6 Å². The maximum Gasteiger partial charge on any atom is 0.182 e. The van der Waals surface area contributed by atoms with E-state index in [0.29, 0.717) is 17.7 Å². The minimum Gasteiger partial charge on any atom is -0.496 e. The summed E-state index contributed by atoms with van der Waals surface area (Å²) in [6, 6.07) is 1.05. The largest absolute Gasteiger partial charge is 0.496 e. The fraction of sp³-hybridized carbons (Fsp3) is 0.417. The average Bonchev–Trinajstić information content (AvgIpc) is 2.26.